The summed E-state index contributed by atoms with van der Waals surface area (Å²) in [5, 5.41) is 0. The Morgan fingerprint density at radius 1 is 1.26 bits per heavy atom. The molecule has 0 spiro atoms. The van der Waals surface area contributed by atoms with Crippen molar-refractivity contribution in [1.82, 2.24) is 4.90 Å². The molecule has 0 heterocycles. The molecule has 0 aromatic heterocycles. The van der Waals surface area contributed by atoms with Gasteiger partial charge in [-0.3, -0.25) is 4.79 Å². The number of carbonyl (C=O) groups is 1. The zero-order valence-electron chi connectivity index (χ0n) is 11.6. The van der Waals surface area contributed by atoms with Crippen LogP contribution in [0.15, 0.2) is 24.3 Å². The molecule has 0 atom stereocenters. The fraction of sp³-hybridized carbons (Fsp3) is 0.562. The molecule has 1 aliphatic carbocycles. The third-order valence-corrected chi connectivity index (χ3v) is 3.98. The van der Waals surface area contributed by atoms with Gasteiger partial charge in [-0.15, -0.1) is 0 Å². The highest BCUT2D eigenvalue weighted by molar-refractivity contribution is 5.76. The molecule has 19 heavy (non-hydrogen) atoms. The van der Waals surface area contributed by atoms with Crippen molar-refractivity contribution in [2.45, 2.75) is 45.1 Å². The average molecular weight is 263 g/mol. The molecule has 2 nitrogen and oxygen atoms in total. The van der Waals surface area contributed by atoms with Crippen molar-refractivity contribution in [2.24, 2.45) is 5.92 Å². The van der Waals surface area contributed by atoms with Crippen molar-refractivity contribution in [3.05, 3.63) is 35.6 Å². The van der Waals surface area contributed by atoms with E-state index in [0.29, 0.717) is 24.4 Å². The summed E-state index contributed by atoms with van der Waals surface area (Å²) >= 11 is 0. The Morgan fingerprint density at radius 3 is 2.63 bits per heavy atom. The number of halogens is 1. The summed E-state index contributed by atoms with van der Waals surface area (Å²) in [7, 11) is 1.76. The lowest BCUT2D eigenvalue weighted by molar-refractivity contribution is -0.131. The standard InChI is InChI=1S/C16H22FNO/c1-18(12-14-9-5-6-10-15(14)17)16(19)11-13-7-3-2-4-8-13/h5-6,9-10,13H,2-4,7-8,11-12H2,1H3. The number of rotatable bonds is 4. The molecular weight excluding hydrogens is 241 g/mol. The number of amides is 1. The van der Waals surface area contributed by atoms with Crippen LogP contribution in [0.2, 0.25) is 0 Å². The van der Waals surface area contributed by atoms with E-state index in [1.165, 1.54) is 38.2 Å². The Kier molecular flexibility index (Phi) is 4.94. The number of hydrogen-bond donors (Lipinski definition) is 0. The SMILES string of the molecule is CN(Cc1ccccc1F)C(=O)CC1CCCCC1. The van der Waals surface area contributed by atoms with Gasteiger partial charge in [0.2, 0.25) is 5.91 Å². The molecule has 104 valence electrons. The third kappa shape index (κ3) is 4.05. The van der Waals surface area contributed by atoms with E-state index in [-0.39, 0.29) is 11.7 Å². The maximum Gasteiger partial charge on any atom is 0.222 e. The van der Waals surface area contributed by atoms with E-state index in [9.17, 15) is 9.18 Å². The van der Waals surface area contributed by atoms with E-state index < -0.39 is 0 Å². The predicted molar refractivity (Wildman–Crippen MR) is 74.1 cm³/mol. The molecule has 1 aromatic carbocycles. The average Bonchev–Trinajstić information content (AvgIpc) is 2.42. The van der Waals surface area contributed by atoms with Gasteiger partial charge in [-0.05, 0) is 24.8 Å². The zero-order valence-corrected chi connectivity index (χ0v) is 11.6. The van der Waals surface area contributed by atoms with Crippen molar-refractivity contribution < 1.29 is 9.18 Å². The van der Waals surface area contributed by atoms with Gasteiger partial charge in [-0.25, -0.2) is 4.39 Å². The number of carbonyl (C=O) groups excluding carboxylic acids is 1. The molecule has 1 amide bonds. The first-order chi connectivity index (χ1) is 9.16. The van der Waals surface area contributed by atoms with Crippen molar-refractivity contribution in [2.75, 3.05) is 7.05 Å². The van der Waals surface area contributed by atoms with E-state index in [2.05, 4.69) is 0 Å². The molecule has 0 unspecified atom stereocenters. The number of benzene rings is 1. The quantitative estimate of drug-likeness (QED) is 0.810. The smallest absolute Gasteiger partial charge is 0.222 e. The number of nitrogens with zero attached hydrogens (tertiary/aromatic N) is 1. The molecule has 0 saturated heterocycles. The Bertz CT molecular complexity index is 427. The molecule has 1 fully saturated rings. The monoisotopic (exact) mass is 263 g/mol. The first kappa shape index (κ1) is 14.0. The van der Waals surface area contributed by atoms with Gasteiger partial charge in [0.25, 0.3) is 0 Å². The molecule has 0 bridgehead atoms. The van der Waals surface area contributed by atoms with Crippen molar-refractivity contribution in [1.29, 1.82) is 0 Å². The third-order valence-electron chi connectivity index (χ3n) is 3.98. The second kappa shape index (κ2) is 6.69. The normalized spacial score (nSPS) is 16.3. The zero-order chi connectivity index (χ0) is 13.7. The molecule has 3 heteroatoms. The minimum atomic E-state index is -0.236. The van der Waals surface area contributed by atoms with Crippen LogP contribution in [0.5, 0.6) is 0 Å². The van der Waals surface area contributed by atoms with E-state index in [1.807, 2.05) is 0 Å². The van der Waals surface area contributed by atoms with Crippen LogP contribution in [0.3, 0.4) is 0 Å². The first-order valence-corrected chi connectivity index (χ1v) is 7.14. The van der Waals surface area contributed by atoms with Gasteiger partial charge in [0.05, 0.1) is 0 Å². The minimum absolute atomic E-state index is 0.134. The van der Waals surface area contributed by atoms with Gasteiger partial charge >= 0.3 is 0 Å². The van der Waals surface area contributed by atoms with Crippen LogP contribution in [0.25, 0.3) is 0 Å². The van der Waals surface area contributed by atoms with Crippen LogP contribution in [-0.4, -0.2) is 17.9 Å². The number of hydrogen-bond acceptors (Lipinski definition) is 1. The predicted octanol–water partition coefficient (Wildman–Crippen LogP) is 3.75. The molecule has 2 rings (SSSR count). The van der Waals surface area contributed by atoms with Crippen LogP contribution < -0.4 is 0 Å². The van der Waals surface area contributed by atoms with Crippen LogP contribution in [-0.2, 0) is 11.3 Å². The van der Waals surface area contributed by atoms with Gasteiger partial charge in [0.15, 0.2) is 0 Å². The van der Waals surface area contributed by atoms with E-state index in [4.69, 9.17) is 0 Å². The fourth-order valence-corrected chi connectivity index (χ4v) is 2.76. The van der Waals surface area contributed by atoms with E-state index in [0.717, 1.165) is 0 Å². The van der Waals surface area contributed by atoms with E-state index in [1.54, 1.807) is 30.1 Å². The maximum atomic E-state index is 13.5. The molecule has 1 saturated carbocycles. The lowest BCUT2D eigenvalue weighted by atomic mass is 9.86. The highest BCUT2D eigenvalue weighted by Crippen LogP contribution is 2.26. The molecule has 0 radical (unpaired) electrons. The molecular formula is C16H22FNO. The highest BCUT2D eigenvalue weighted by Gasteiger charge is 2.19. The summed E-state index contributed by atoms with van der Waals surface area (Å²) in [5.74, 6) is 0.430. The Hall–Kier alpha value is -1.38. The summed E-state index contributed by atoms with van der Waals surface area (Å²) in [6.07, 6.45) is 6.74. The lowest BCUT2D eigenvalue weighted by Gasteiger charge is -2.24. The second-order valence-electron chi connectivity index (χ2n) is 5.55. The summed E-state index contributed by atoms with van der Waals surface area (Å²) < 4.78 is 13.5. The Morgan fingerprint density at radius 2 is 1.95 bits per heavy atom. The van der Waals surface area contributed by atoms with Gasteiger partial charge in [-0.1, -0.05) is 37.5 Å². The largest absolute Gasteiger partial charge is 0.341 e. The van der Waals surface area contributed by atoms with Crippen LogP contribution in [0, 0.1) is 11.7 Å². The Balaban J connectivity index is 1.87. The molecule has 0 aliphatic heterocycles. The van der Waals surface area contributed by atoms with E-state index >= 15 is 0 Å². The first-order valence-electron chi connectivity index (χ1n) is 7.14. The molecule has 0 N–H and O–H groups in total. The lowest BCUT2D eigenvalue weighted by Crippen LogP contribution is -2.28. The summed E-state index contributed by atoms with van der Waals surface area (Å²) in [4.78, 5) is 13.8. The highest BCUT2D eigenvalue weighted by atomic mass is 19.1. The summed E-state index contributed by atoms with van der Waals surface area (Å²) in [5.41, 5.74) is 0.585. The maximum absolute atomic E-state index is 13.5. The van der Waals surface area contributed by atoms with Crippen LogP contribution in [0.4, 0.5) is 4.39 Å². The van der Waals surface area contributed by atoms with Crippen LogP contribution in [0.1, 0.15) is 44.1 Å². The van der Waals surface area contributed by atoms with Gasteiger partial charge < -0.3 is 4.90 Å². The topological polar surface area (TPSA) is 20.3 Å². The Labute approximate surface area is 114 Å². The second-order valence-corrected chi connectivity index (χ2v) is 5.55. The van der Waals surface area contributed by atoms with Crippen LogP contribution >= 0.6 is 0 Å². The molecule has 1 aromatic rings. The molecule has 1 aliphatic rings. The fourth-order valence-electron chi connectivity index (χ4n) is 2.76. The van der Waals surface area contributed by atoms with Crippen molar-refractivity contribution >= 4 is 5.91 Å². The van der Waals surface area contributed by atoms with Crippen molar-refractivity contribution in [3.8, 4) is 0 Å². The minimum Gasteiger partial charge on any atom is -0.341 e. The summed E-state index contributed by atoms with van der Waals surface area (Å²) in [6.45, 7) is 0.359. The van der Waals surface area contributed by atoms with Gasteiger partial charge in [-0.2, -0.15) is 0 Å². The van der Waals surface area contributed by atoms with Gasteiger partial charge in [0, 0.05) is 25.6 Å². The van der Waals surface area contributed by atoms with Crippen molar-refractivity contribution in [3.63, 3.8) is 0 Å². The van der Waals surface area contributed by atoms with Gasteiger partial charge in [0.1, 0.15) is 5.82 Å². The summed E-state index contributed by atoms with van der Waals surface area (Å²) in [6, 6.07) is 6.65.